The predicted molar refractivity (Wildman–Crippen MR) is 147 cm³/mol. The number of carbonyl (C=O) groups is 2. The van der Waals surface area contributed by atoms with Crippen LogP contribution >= 0.6 is 11.6 Å². The summed E-state index contributed by atoms with van der Waals surface area (Å²) in [6, 6.07) is 17.3. The highest BCUT2D eigenvalue weighted by molar-refractivity contribution is 7.92. The fourth-order valence-electron chi connectivity index (χ4n) is 3.82. The highest BCUT2D eigenvalue weighted by Crippen LogP contribution is 2.27. The molecule has 1 N–H and O–H groups in total. The fraction of sp³-hybridized carbons (Fsp3) is 0.286. The number of amides is 2. The van der Waals surface area contributed by atoms with E-state index in [4.69, 9.17) is 11.6 Å². The van der Waals surface area contributed by atoms with Gasteiger partial charge in [-0.25, -0.2) is 12.8 Å². The minimum Gasteiger partial charge on any atom is -0.354 e. The van der Waals surface area contributed by atoms with E-state index in [2.05, 4.69) is 5.32 Å². The molecule has 0 fully saturated rings. The third-order valence-electron chi connectivity index (χ3n) is 5.97. The number of hydrogen-bond donors (Lipinski definition) is 1. The Hall–Kier alpha value is -3.43. The van der Waals surface area contributed by atoms with Crippen LogP contribution in [0.4, 0.5) is 10.1 Å². The van der Waals surface area contributed by atoms with Crippen molar-refractivity contribution < 1.29 is 22.4 Å². The first-order valence-corrected chi connectivity index (χ1v) is 14.0. The number of nitrogens with one attached hydrogen (secondary N) is 1. The van der Waals surface area contributed by atoms with Crippen LogP contribution < -0.4 is 9.62 Å². The standard InChI is InChI=1S/C28H31ClFN3O4S/c1-4-16-31-28(35)21(3)32(18-22-8-7-9-23(29)17-22)27(34)19-33(26-11-6-5-10-25(26)30)38(36,37)24-14-12-20(2)13-15-24/h5-15,17,21H,4,16,18-19H2,1-3H3,(H,31,35)/t21-/m1/s1. The molecule has 0 saturated heterocycles. The fourth-order valence-corrected chi connectivity index (χ4v) is 5.45. The lowest BCUT2D eigenvalue weighted by Gasteiger charge is -2.32. The van der Waals surface area contributed by atoms with Crippen molar-refractivity contribution in [2.45, 2.75) is 44.7 Å². The molecule has 3 aromatic carbocycles. The molecule has 3 rings (SSSR count). The SMILES string of the molecule is CCCNC(=O)[C@@H](C)N(Cc1cccc(Cl)c1)C(=O)CN(c1ccccc1F)S(=O)(=O)c1ccc(C)cc1. The number of benzene rings is 3. The van der Waals surface area contributed by atoms with Crippen molar-refractivity contribution in [1.29, 1.82) is 0 Å². The monoisotopic (exact) mass is 559 g/mol. The van der Waals surface area contributed by atoms with Gasteiger partial charge in [-0.05, 0) is 62.2 Å². The van der Waals surface area contributed by atoms with Crippen LogP contribution in [0.1, 0.15) is 31.4 Å². The lowest BCUT2D eigenvalue weighted by atomic mass is 10.1. The van der Waals surface area contributed by atoms with Crippen LogP contribution in [0.5, 0.6) is 0 Å². The maximum absolute atomic E-state index is 14.9. The molecule has 2 amide bonds. The van der Waals surface area contributed by atoms with Gasteiger partial charge in [-0.1, -0.05) is 60.5 Å². The second-order valence-electron chi connectivity index (χ2n) is 8.89. The molecule has 0 spiro atoms. The summed E-state index contributed by atoms with van der Waals surface area (Å²) >= 11 is 6.13. The molecular weight excluding hydrogens is 529 g/mol. The molecule has 0 unspecified atom stereocenters. The number of aryl methyl sites for hydroxylation is 1. The van der Waals surface area contributed by atoms with Gasteiger partial charge in [-0.3, -0.25) is 13.9 Å². The van der Waals surface area contributed by atoms with Crippen LogP contribution in [0.3, 0.4) is 0 Å². The molecule has 0 bridgehead atoms. The average molecular weight is 560 g/mol. The smallest absolute Gasteiger partial charge is 0.264 e. The van der Waals surface area contributed by atoms with Crippen molar-refractivity contribution in [3.05, 3.63) is 94.8 Å². The Kier molecular flexibility index (Phi) is 9.88. The lowest BCUT2D eigenvalue weighted by Crippen LogP contribution is -2.51. The first-order valence-electron chi connectivity index (χ1n) is 12.2. The van der Waals surface area contributed by atoms with Gasteiger partial charge in [0.1, 0.15) is 18.4 Å². The zero-order valence-corrected chi connectivity index (χ0v) is 23.1. The van der Waals surface area contributed by atoms with Gasteiger partial charge < -0.3 is 10.2 Å². The van der Waals surface area contributed by atoms with E-state index in [-0.39, 0.29) is 23.0 Å². The second-order valence-corrected chi connectivity index (χ2v) is 11.2. The van der Waals surface area contributed by atoms with Crippen LogP contribution in [-0.4, -0.2) is 44.3 Å². The van der Waals surface area contributed by atoms with E-state index in [1.165, 1.54) is 35.2 Å². The van der Waals surface area contributed by atoms with E-state index in [9.17, 15) is 22.4 Å². The normalized spacial score (nSPS) is 12.0. The summed E-state index contributed by atoms with van der Waals surface area (Å²) in [6.45, 7) is 4.98. The third kappa shape index (κ3) is 7.11. The topological polar surface area (TPSA) is 86.8 Å². The molecule has 38 heavy (non-hydrogen) atoms. The van der Waals surface area contributed by atoms with E-state index in [0.29, 0.717) is 23.6 Å². The molecule has 202 valence electrons. The highest BCUT2D eigenvalue weighted by Gasteiger charge is 2.33. The Morgan fingerprint density at radius 2 is 1.71 bits per heavy atom. The van der Waals surface area contributed by atoms with E-state index < -0.39 is 34.3 Å². The Balaban J connectivity index is 2.03. The molecule has 0 aliphatic heterocycles. The minimum absolute atomic E-state index is 0.00417. The number of anilines is 1. The largest absolute Gasteiger partial charge is 0.354 e. The zero-order valence-electron chi connectivity index (χ0n) is 21.5. The first-order chi connectivity index (χ1) is 18.0. The van der Waals surface area contributed by atoms with E-state index in [0.717, 1.165) is 15.9 Å². The summed E-state index contributed by atoms with van der Waals surface area (Å²) in [5.41, 5.74) is 1.23. The molecule has 0 radical (unpaired) electrons. The van der Waals surface area contributed by atoms with Crippen LogP contribution in [0.15, 0.2) is 77.7 Å². The van der Waals surface area contributed by atoms with Crippen LogP contribution in [0, 0.1) is 12.7 Å². The van der Waals surface area contributed by atoms with Crippen molar-refractivity contribution in [2.75, 3.05) is 17.4 Å². The summed E-state index contributed by atoms with van der Waals surface area (Å²) in [5.74, 6) is -1.87. The van der Waals surface area contributed by atoms with Crippen LogP contribution in [0.25, 0.3) is 0 Å². The van der Waals surface area contributed by atoms with Crippen molar-refractivity contribution in [3.8, 4) is 0 Å². The summed E-state index contributed by atoms with van der Waals surface area (Å²) in [7, 11) is -4.34. The van der Waals surface area contributed by atoms with Crippen LogP contribution in [-0.2, 0) is 26.2 Å². The summed E-state index contributed by atoms with van der Waals surface area (Å²) < 4.78 is 43.0. The third-order valence-corrected chi connectivity index (χ3v) is 7.98. The number of para-hydroxylation sites is 1. The minimum atomic E-state index is -4.34. The van der Waals surface area contributed by atoms with Gasteiger partial charge in [0.2, 0.25) is 11.8 Å². The lowest BCUT2D eigenvalue weighted by molar-refractivity contribution is -0.139. The van der Waals surface area contributed by atoms with Crippen molar-refractivity contribution in [3.63, 3.8) is 0 Å². The summed E-state index contributed by atoms with van der Waals surface area (Å²) in [4.78, 5) is 27.8. The van der Waals surface area contributed by atoms with E-state index in [1.807, 2.05) is 13.8 Å². The zero-order chi connectivity index (χ0) is 27.9. The van der Waals surface area contributed by atoms with Gasteiger partial charge >= 0.3 is 0 Å². The molecule has 7 nitrogen and oxygen atoms in total. The number of halogens is 2. The molecule has 10 heteroatoms. The number of sulfonamides is 1. The summed E-state index contributed by atoms with van der Waals surface area (Å²) in [6.07, 6.45) is 0.705. The Labute approximate surface area is 228 Å². The van der Waals surface area contributed by atoms with Gasteiger partial charge in [-0.2, -0.15) is 0 Å². The van der Waals surface area contributed by atoms with Gasteiger partial charge in [0.25, 0.3) is 10.0 Å². The maximum Gasteiger partial charge on any atom is 0.264 e. The molecule has 0 aliphatic rings. The van der Waals surface area contributed by atoms with E-state index in [1.54, 1.807) is 43.3 Å². The Morgan fingerprint density at radius 3 is 2.34 bits per heavy atom. The van der Waals surface area contributed by atoms with Gasteiger partial charge in [0.15, 0.2) is 0 Å². The van der Waals surface area contributed by atoms with Gasteiger partial charge in [-0.15, -0.1) is 0 Å². The number of hydrogen-bond acceptors (Lipinski definition) is 4. The Bertz CT molecular complexity index is 1380. The van der Waals surface area contributed by atoms with Gasteiger partial charge in [0.05, 0.1) is 10.6 Å². The van der Waals surface area contributed by atoms with Crippen LogP contribution in [0.2, 0.25) is 5.02 Å². The number of carbonyl (C=O) groups excluding carboxylic acids is 2. The maximum atomic E-state index is 14.9. The molecule has 0 aromatic heterocycles. The van der Waals surface area contributed by atoms with Gasteiger partial charge in [0, 0.05) is 18.1 Å². The summed E-state index contributed by atoms with van der Waals surface area (Å²) in [5, 5.41) is 3.22. The molecule has 1 atom stereocenters. The first kappa shape index (κ1) is 29.1. The van der Waals surface area contributed by atoms with Crippen molar-refractivity contribution >= 4 is 39.1 Å². The Morgan fingerprint density at radius 1 is 1.03 bits per heavy atom. The molecule has 0 heterocycles. The molecule has 0 saturated carbocycles. The molecule has 0 aliphatic carbocycles. The second kappa shape index (κ2) is 12.9. The van der Waals surface area contributed by atoms with Crippen molar-refractivity contribution in [1.82, 2.24) is 10.2 Å². The molecule has 3 aromatic rings. The van der Waals surface area contributed by atoms with E-state index >= 15 is 0 Å². The average Bonchev–Trinajstić information content (AvgIpc) is 2.89. The number of nitrogens with zero attached hydrogens (tertiary/aromatic N) is 2. The van der Waals surface area contributed by atoms with Crippen molar-refractivity contribution in [2.24, 2.45) is 0 Å². The quantitative estimate of drug-likeness (QED) is 0.361. The predicted octanol–water partition coefficient (Wildman–Crippen LogP) is 4.93. The molecular formula is C28H31ClFN3O4S. The highest BCUT2D eigenvalue weighted by atomic mass is 35.5. The number of rotatable bonds is 11.